The van der Waals surface area contributed by atoms with Crippen LogP contribution in [0.1, 0.15) is 42.1 Å². The molecule has 4 rings (SSSR count). The Hall–Kier alpha value is -3.83. The normalized spacial score (nSPS) is 12.9. The third kappa shape index (κ3) is 6.00. The largest absolute Gasteiger partial charge is 0.481 e. The highest BCUT2D eigenvalue weighted by molar-refractivity contribution is 5.69. The highest BCUT2D eigenvalue weighted by Gasteiger charge is 2.28. The van der Waals surface area contributed by atoms with E-state index in [1.807, 2.05) is 66.7 Å². The highest BCUT2D eigenvalue weighted by atomic mass is 19.1. The van der Waals surface area contributed by atoms with Crippen LogP contribution in [-0.2, 0) is 11.3 Å². The molecule has 4 aromatic carbocycles. The summed E-state index contributed by atoms with van der Waals surface area (Å²) in [5.41, 5.74) is 3.49. The van der Waals surface area contributed by atoms with Gasteiger partial charge in [0.25, 0.3) is 0 Å². The Balaban J connectivity index is 1.80. The molecule has 0 aliphatic rings. The van der Waals surface area contributed by atoms with Gasteiger partial charge in [-0.05, 0) is 53.4 Å². The average Bonchev–Trinajstić information content (AvgIpc) is 2.88. The second-order valence-electron chi connectivity index (χ2n) is 8.61. The van der Waals surface area contributed by atoms with Crippen LogP contribution in [0.5, 0.6) is 0 Å². The number of carboxylic acid groups (broad SMARTS) is 1. The number of hydrogen-bond acceptors (Lipinski definition) is 2. The molecule has 0 radical (unpaired) electrons. The van der Waals surface area contributed by atoms with Crippen LogP contribution in [0.2, 0.25) is 0 Å². The third-order valence-corrected chi connectivity index (χ3v) is 6.27. The molecular weight excluding hydrogens is 444 g/mol. The summed E-state index contributed by atoms with van der Waals surface area (Å²) in [5.74, 6) is -2.00. The first-order valence-corrected chi connectivity index (χ1v) is 11.5. The van der Waals surface area contributed by atoms with Gasteiger partial charge in [0.15, 0.2) is 0 Å². The van der Waals surface area contributed by atoms with E-state index in [1.54, 1.807) is 18.2 Å². The quantitative estimate of drug-likeness (QED) is 0.276. The number of hydrogen-bond donors (Lipinski definition) is 1. The van der Waals surface area contributed by atoms with Crippen LogP contribution in [0.25, 0.3) is 11.1 Å². The zero-order chi connectivity index (χ0) is 24.8. The molecule has 1 N–H and O–H groups in total. The summed E-state index contributed by atoms with van der Waals surface area (Å²) < 4.78 is 28.4. The molecule has 0 heterocycles. The average molecular weight is 472 g/mol. The van der Waals surface area contributed by atoms with Crippen LogP contribution in [0, 0.1) is 11.6 Å². The molecule has 4 aromatic rings. The summed E-state index contributed by atoms with van der Waals surface area (Å²) in [5, 5.41) is 9.84. The summed E-state index contributed by atoms with van der Waals surface area (Å²) >= 11 is 0. The maximum Gasteiger partial charge on any atom is 0.305 e. The smallest absolute Gasteiger partial charge is 0.305 e. The molecule has 2 atom stereocenters. The molecule has 0 bridgehead atoms. The van der Waals surface area contributed by atoms with Crippen molar-refractivity contribution in [2.24, 2.45) is 0 Å². The van der Waals surface area contributed by atoms with Gasteiger partial charge < -0.3 is 5.11 Å². The molecule has 0 aliphatic carbocycles. The topological polar surface area (TPSA) is 40.5 Å². The molecule has 178 valence electrons. The van der Waals surface area contributed by atoms with Gasteiger partial charge >= 0.3 is 5.97 Å². The number of rotatable bonds is 9. The van der Waals surface area contributed by atoms with Crippen LogP contribution in [0.3, 0.4) is 0 Å². The second kappa shape index (κ2) is 11.1. The van der Waals surface area contributed by atoms with Crippen LogP contribution in [0.4, 0.5) is 8.78 Å². The van der Waals surface area contributed by atoms with Crippen molar-refractivity contribution in [1.29, 1.82) is 0 Å². The molecule has 1 unspecified atom stereocenters. The van der Waals surface area contributed by atoms with E-state index in [1.165, 1.54) is 0 Å². The van der Waals surface area contributed by atoms with Crippen molar-refractivity contribution in [3.8, 4) is 11.1 Å². The molecule has 0 aliphatic heterocycles. The molecule has 3 nitrogen and oxygen atoms in total. The zero-order valence-electron chi connectivity index (χ0n) is 19.4. The number of aliphatic carboxylic acids is 1. The molecule has 5 heteroatoms. The first-order valence-electron chi connectivity index (χ1n) is 11.5. The Morgan fingerprint density at radius 2 is 1.49 bits per heavy atom. The van der Waals surface area contributed by atoms with Crippen molar-refractivity contribution < 1.29 is 18.7 Å². The van der Waals surface area contributed by atoms with Crippen molar-refractivity contribution in [3.63, 3.8) is 0 Å². The van der Waals surface area contributed by atoms with Gasteiger partial charge in [-0.1, -0.05) is 78.9 Å². The van der Waals surface area contributed by atoms with E-state index in [4.69, 9.17) is 0 Å². The molecular formula is C30H27F2NO2. The Morgan fingerprint density at radius 1 is 0.829 bits per heavy atom. The van der Waals surface area contributed by atoms with Crippen molar-refractivity contribution in [1.82, 2.24) is 4.90 Å². The molecule has 0 fully saturated rings. The SMILES string of the molecule is C[C@H](c1ccccc1)N(Cc1ccccc1)C(CC(=O)O)c1cccc(-c2cc(F)ccc2F)c1. The predicted octanol–water partition coefficient (Wildman–Crippen LogP) is 7.41. The van der Waals surface area contributed by atoms with E-state index >= 15 is 0 Å². The van der Waals surface area contributed by atoms with Crippen LogP contribution < -0.4 is 0 Å². The van der Waals surface area contributed by atoms with E-state index in [0.29, 0.717) is 12.1 Å². The summed E-state index contributed by atoms with van der Waals surface area (Å²) in [6.07, 6.45) is -0.140. The van der Waals surface area contributed by atoms with Crippen molar-refractivity contribution in [2.45, 2.75) is 32.0 Å². The number of carboxylic acids is 1. The van der Waals surface area contributed by atoms with E-state index in [-0.39, 0.29) is 18.0 Å². The van der Waals surface area contributed by atoms with E-state index < -0.39 is 23.6 Å². The van der Waals surface area contributed by atoms with Crippen LogP contribution in [-0.4, -0.2) is 16.0 Å². The van der Waals surface area contributed by atoms with Crippen molar-refractivity contribution >= 4 is 5.97 Å². The molecule has 0 aromatic heterocycles. The van der Waals surface area contributed by atoms with Crippen molar-refractivity contribution in [2.75, 3.05) is 0 Å². The van der Waals surface area contributed by atoms with Gasteiger partial charge in [-0.3, -0.25) is 9.69 Å². The minimum Gasteiger partial charge on any atom is -0.481 e. The number of nitrogens with zero attached hydrogens (tertiary/aromatic N) is 1. The van der Waals surface area contributed by atoms with E-state index in [9.17, 15) is 18.7 Å². The molecule has 0 saturated heterocycles. The fraction of sp³-hybridized carbons (Fsp3) is 0.167. The van der Waals surface area contributed by atoms with E-state index in [0.717, 1.165) is 34.9 Å². The minimum absolute atomic E-state index is 0.102. The lowest BCUT2D eigenvalue weighted by Gasteiger charge is -2.37. The first kappa shape index (κ1) is 24.3. The Bertz CT molecular complexity index is 1280. The van der Waals surface area contributed by atoms with Gasteiger partial charge in [0.05, 0.1) is 6.42 Å². The number of halogens is 2. The van der Waals surface area contributed by atoms with Gasteiger partial charge in [0.2, 0.25) is 0 Å². The van der Waals surface area contributed by atoms with Gasteiger partial charge in [0, 0.05) is 24.2 Å². The minimum atomic E-state index is -0.935. The van der Waals surface area contributed by atoms with Gasteiger partial charge in [-0.15, -0.1) is 0 Å². The van der Waals surface area contributed by atoms with Crippen LogP contribution >= 0.6 is 0 Å². The van der Waals surface area contributed by atoms with Crippen molar-refractivity contribution in [3.05, 3.63) is 131 Å². The lowest BCUT2D eigenvalue weighted by Crippen LogP contribution is -2.32. The number of benzene rings is 4. The maximum absolute atomic E-state index is 14.5. The summed E-state index contributed by atoms with van der Waals surface area (Å²) in [6.45, 7) is 2.58. The van der Waals surface area contributed by atoms with Gasteiger partial charge in [0.1, 0.15) is 11.6 Å². The lowest BCUT2D eigenvalue weighted by atomic mass is 9.94. The molecule has 0 spiro atoms. The molecule has 0 amide bonds. The standard InChI is InChI=1S/C30H27F2NO2/c1-21(23-11-6-3-7-12-23)33(20-22-9-4-2-5-10-22)29(19-30(34)35)25-14-8-13-24(17-25)27-18-26(31)15-16-28(27)32/h2-18,21,29H,19-20H2,1H3,(H,34,35)/t21-,29?/m1/s1. The van der Waals surface area contributed by atoms with Gasteiger partial charge in [-0.2, -0.15) is 0 Å². The van der Waals surface area contributed by atoms with Crippen LogP contribution in [0.15, 0.2) is 103 Å². The molecule has 35 heavy (non-hydrogen) atoms. The third-order valence-electron chi connectivity index (χ3n) is 6.27. The zero-order valence-corrected chi connectivity index (χ0v) is 19.4. The first-order chi connectivity index (χ1) is 16.9. The monoisotopic (exact) mass is 471 g/mol. The fourth-order valence-electron chi connectivity index (χ4n) is 4.46. The van der Waals surface area contributed by atoms with E-state index in [2.05, 4.69) is 11.8 Å². The predicted molar refractivity (Wildman–Crippen MR) is 134 cm³/mol. The summed E-state index contributed by atoms with van der Waals surface area (Å²) in [7, 11) is 0. The molecule has 0 saturated carbocycles. The lowest BCUT2D eigenvalue weighted by molar-refractivity contribution is -0.138. The Morgan fingerprint density at radius 3 is 2.17 bits per heavy atom. The fourth-order valence-corrected chi connectivity index (χ4v) is 4.46. The summed E-state index contributed by atoms with van der Waals surface area (Å²) in [4.78, 5) is 14.2. The Kier molecular flexibility index (Phi) is 7.68. The van der Waals surface area contributed by atoms with Gasteiger partial charge in [-0.25, -0.2) is 8.78 Å². The maximum atomic E-state index is 14.5. The summed E-state index contributed by atoms with van der Waals surface area (Å²) in [6, 6.07) is 29.7. The Labute approximate surface area is 204 Å². The second-order valence-corrected chi connectivity index (χ2v) is 8.61. The number of carbonyl (C=O) groups is 1. The highest BCUT2D eigenvalue weighted by Crippen LogP contribution is 2.36.